The lowest BCUT2D eigenvalue weighted by Crippen LogP contribution is -2.40. The van der Waals surface area contributed by atoms with Gasteiger partial charge in [0.05, 0.1) is 18.8 Å². The Balaban J connectivity index is 1.38. The van der Waals surface area contributed by atoms with E-state index in [0.717, 1.165) is 73.8 Å². The van der Waals surface area contributed by atoms with Crippen LogP contribution >= 0.6 is 0 Å². The van der Waals surface area contributed by atoms with Crippen LogP contribution in [0.5, 0.6) is 0 Å². The van der Waals surface area contributed by atoms with Crippen LogP contribution < -0.4 is 0 Å². The summed E-state index contributed by atoms with van der Waals surface area (Å²) in [6.45, 7) is 9.19. The molecule has 1 fully saturated rings. The molecule has 0 unspecified atom stereocenters. The molecule has 3 aromatic rings. The Morgan fingerprint density at radius 3 is 2.44 bits per heavy atom. The van der Waals surface area contributed by atoms with Gasteiger partial charge in [-0.3, -0.25) is 9.59 Å². The number of amides is 2. The van der Waals surface area contributed by atoms with E-state index in [-0.39, 0.29) is 11.8 Å². The maximum absolute atomic E-state index is 13.2. The van der Waals surface area contributed by atoms with Crippen LogP contribution in [0.2, 0.25) is 0 Å². The summed E-state index contributed by atoms with van der Waals surface area (Å²) in [4.78, 5) is 30.0. The van der Waals surface area contributed by atoms with Gasteiger partial charge in [-0.15, -0.1) is 0 Å². The molecule has 6 nitrogen and oxygen atoms in total. The summed E-state index contributed by atoms with van der Waals surface area (Å²) < 4.78 is 7.63. The van der Waals surface area contributed by atoms with Crippen LogP contribution in [0, 0.1) is 0 Å². The number of hydrogen-bond acceptors (Lipinski definition) is 3. The SMILES string of the molecule is CCCN(CCC)C(=O)c1cccc(CCCCn2cc(C(=O)N3CCOCC3)c3ccccc32)c1. The van der Waals surface area contributed by atoms with Crippen LogP contribution in [-0.4, -0.2) is 65.6 Å². The number of benzene rings is 2. The molecule has 0 N–H and O–H groups in total. The van der Waals surface area contributed by atoms with Crippen LogP contribution in [0.3, 0.4) is 0 Å². The lowest BCUT2D eigenvalue weighted by atomic mass is 10.0. The molecule has 0 saturated carbocycles. The van der Waals surface area contributed by atoms with Crippen molar-refractivity contribution in [3.63, 3.8) is 0 Å². The highest BCUT2D eigenvalue weighted by molar-refractivity contribution is 6.07. The molecule has 4 rings (SSSR count). The van der Waals surface area contributed by atoms with Gasteiger partial charge in [0.1, 0.15) is 0 Å². The van der Waals surface area contributed by atoms with Crippen molar-refractivity contribution in [3.05, 3.63) is 71.4 Å². The van der Waals surface area contributed by atoms with Crippen LogP contribution in [0.15, 0.2) is 54.7 Å². The maximum atomic E-state index is 13.2. The Bertz CT molecular complexity index is 1160. The van der Waals surface area contributed by atoms with Crippen molar-refractivity contribution in [1.29, 1.82) is 0 Å². The predicted octanol–water partition coefficient (Wildman–Crippen LogP) is 5.40. The zero-order valence-corrected chi connectivity index (χ0v) is 21.7. The molecule has 36 heavy (non-hydrogen) atoms. The number of aryl methyl sites for hydroxylation is 2. The Morgan fingerprint density at radius 2 is 1.69 bits per heavy atom. The second kappa shape index (κ2) is 12.7. The van der Waals surface area contributed by atoms with E-state index in [9.17, 15) is 9.59 Å². The van der Waals surface area contributed by atoms with Crippen molar-refractivity contribution in [2.75, 3.05) is 39.4 Å². The highest BCUT2D eigenvalue weighted by Crippen LogP contribution is 2.24. The van der Waals surface area contributed by atoms with E-state index in [1.807, 2.05) is 46.3 Å². The fourth-order valence-corrected chi connectivity index (χ4v) is 5.05. The number of unbranched alkanes of at least 4 members (excludes halogenated alkanes) is 1. The molecule has 0 aliphatic carbocycles. The molecule has 2 amide bonds. The Morgan fingerprint density at radius 1 is 0.944 bits per heavy atom. The van der Waals surface area contributed by atoms with Crippen LogP contribution in [0.4, 0.5) is 0 Å². The first-order chi connectivity index (χ1) is 17.6. The van der Waals surface area contributed by atoms with Crippen LogP contribution in [-0.2, 0) is 17.7 Å². The minimum atomic E-state index is 0.0925. The monoisotopic (exact) mass is 489 g/mol. The Kier molecular flexibility index (Phi) is 9.17. The second-order valence-corrected chi connectivity index (χ2v) is 9.61. The third-order valence-electron chi connectivity index (χ3n) is 6.88. The van der Waals surface area contributed by atoms with Gasteiger partial charge >= 0.3 is 0 Å². The van der Waals surface area contributed by atoms with Crippen molar-refractivity contribution >= 4 is 22.7 Å². The van der Waals surface area contributed by atoms with E-state index < -0.39 is 0 Å². The normalized spacial score (nSPS) is 13.8. The summed E-state index contributed by atoms with van der Waals surface area (Å²) >= 11 is 0. The minimum absolute atomic E-state index is 0.0925. The number of para-hydroxylation sites is 1. The number of aromatic nitrogens is 1. The average molecular weight is 490 g/mol. The first kappa shape index (κ1) is 26.0. The number of fused-ring (bicyclic) bond motifs is 1. The summed E-state index contributed by atoms with van der Waals surface area (Å²) in [5, 5.41) is 1.02. The van der Waals surface area contributed by atoms with Gasteiger partial charge in [0.25, 0.3) is 11.8 Å². The molecule has 6 heteroatoms. The van der Waals surface area contributed by atoms with Gasteiger partial charge in [0, 0.05) is 55.4 Å². The molecule has 1 aromatic heterocycles. The van der Waals surface area contributed by atoms with E-state index in [0.29, 0.717) is 26.3 Å². The molecule has 0 spiro atoms. The lowest BCUT2D eigenvalue weighted by Gasteiger charge is -2.26. The van der Waals surface area contributed by atoms with Crippen molar-refractivity contribution in [3.8, 4) is 0 Å². The van der Waals surface area contributed by atoms with Gasteiger partial charge in [-0.05, 0) is 55.9 Å². The molecular weight excluding hydrogens is 450 g/mol. The third-order valence-corrected chi connectivity index (χ3v) is 6.88. The lowest BCUT2D eigenvalue weighted by molar-refractivity contribution is 0.0304. The molecule has 2 heterocycles. The number of carbonyl (C=O) groups excluding carboxylic acids is 2. The number of carbonyl (C=O) groups is 2. The predicted molar refractivity (Wildman–Crippen MR) is 145 cm³/mol. The minimum Gasteiger partial charge on any atom is -0.378 e. The number of morpholine rings is 1. The second-order valence-electron chi connectivity index (χ2n) is 9.61. The summed E-state index contributed by atoms with van der Waals surface area (Å²) in [6.07, 6.45) is 6.92. The number of ether oxygens (including phenoxy) is 1. The first-order valence-electron chi connectivity index (χ1n) is 13.5. The fourth-order valence-electron chi connectivity index (χ4n) is 5.05. The number of hydrogen-bond donors (Lipinski definition) is 0. The topological polar surface area (TPSA) is 54.8 Å². The van der Waals surface area contributed by atoms with Gasteiger partial charge in [0.15, 0.2) is 0 Å². The number of rotatable bonds is 11. The van der Waals surface area contributed by atoms with Gasteiger partial charge in [0.2, 0.25) is 0 Å². The zero-order chi connectivity index (χ0) is 25.3. The van der Waals surface area contributed by atoms with E-state index in [4.69, 9.17) is 4.74 Å². The molecule has 2 aromatic carbocycles. The highest BCUT2D eigenvalue weighted by Gasteiger charge is 2.22. The molecule has 1 aliphatic rings. The Labute approximate surface area is 214 Å². The molecule has 0 bridgehead atoms. The summed E-state index contributed by atoms with van der Waals surface area (Å²) in [6, 6.07) is 16.3. The molecule has 0 atom stereocenters. The third kappa shape index (κ3) is 6.16. The largest absolute Gasteiger partial charge is 0.378 e. The summed E-state index contributed by atoms with van der Waals surface area (Å²) in [7, 11) is 0. The first-order valence-corrected chi connectivity index (χ1v) is 13.5. The number of nitrogens with zero attached hydrogens (tertiary/aromatic N) is 3. The van der Waals surface area contributed by atoms with E-state index in [1.54, 1.807) is 0 Å². The van der Waals surface area contributed by atoms with Crippen molar-refractivity contribution in [2.24, 2.45) is 0 Å². The van der Waals surface area contributed by atoms with Crippen LogP contribution in [0.25, 0.3) is 10.9 Å². The molecular formula is C30H39N3O3. The van der Waals surface area contributed by atoms with E-state index in [2.05, 4.69) is 36.6 Å². The molecule has 192 valence electrons. The van der Waals surface area contributed by atoms with Gasteiger partial charge in [-0.25, -0.2) is 0 Å². The Hall–Kier alpha value is -3.12. The van der Waals surface area contributed by atoms with Gasteiger partial charge in [-0.2, -0.15) is 0 Å². The zero-order valence-electron chi connectivity index (χ0n) is 21.7. The summed E-state index contributed by atoms with van der Waals surface area (Å²) in [5.74, 6) is 0.228. The smallest absolute Gasteiger partial charge is 0.256 e. The summed E-state index contributed by atoms with van der Waals surface area (Å²) in [5.41, 5.74) is 3.88. The molecule has 1 aliphatic heterocycles. The maximum Gasteiger partial charge on any atom is 0.256 e. The standard InChI is InChI=1S/C30H39N3O3/c1-3-15-31(16-4-2)29(34)25-12-9-11-24(22-25)10-7-8-17-33-23-27(26-13-5-6-14-28(26)33)30(35)32-18-20-36-21-19-32/h5-6,9,11-14,22-23H,3-4,7-8,10,15-21H2,1-2H3. The van der Waals surface area contributed by atoms with Crippen molar-refractivity contribution in [2.45, 2.75) is 52.5 Å². The average Bonchev–Trinajstić information content (AvgIpc) is 3.29. The van der Waals surface area contributed by atoms with E-state index >= 15 is 0 Å². The molecule has 0 radical (unpaired) electrons. The fraction of sp³-hybridized carbons (Fsp3) is 0.467. The van der Waals surface area contributed by atoms with E-state index in [1.165, 1.54) is 5.56 Å². The van der Waals surface area contributed by atoms with Crippen molar-refractivity contribution < 1.29 is 14.3 Å². The molecule has 1 saturated heterocycles. The van der Waals surface area contributed by atoms with Gasteiger partial charge < -0.3 is 19.1 Å². The van der Waals surface area contributed by atoms with Crippen molar-refractivity contribution in [1.82, 2.24) is 14.4 Å². The quantitative estimate of drug-likeness (QED) is 0.339. The van der Waals surface area contributed by atoms with Crippen LogP contribution in [0.1, 0.15) is 65.8 Å². The highest BCUT2D eigenvalue weighted by atomic mass is 16.5. The van der Waals surface area contributed by atoms with Gasteiger partial charge in [-0.1, -0.05) is 44.2 Å².